The van der Waals surface area contributed by atoms with E-state index >= 15 is 0 Å². The quantitative estimate of drug-likeness (QED) is 0.765. The molecule has 0 N–H and O–H groups in total. The van der Waals surface area contributed by atoms with Crippen LogP contribution >= 0.6 is 0 Å². The lowest BCUT2D eigenvalue weighted by atomic mass is 9.76. The van der Waals surface area contributed by atoms with E-state index in [9.17, 15) is 4.79 Å². The van der Waals surface area contributed by atoms with Crippen LogP contribution in [0.1, 0.15) is 59.4 Å². The molecule has 0 unspecified atom stereocenters. The lowest BCUT2D eigenvalue weighted by molar-refractivity contribution is 0.00578. The van der Waals surface area contributed by atoms with Gasteiger partial charge in [0.05, 0.1) is 29.9 Å². The van der Waals surface area contributed by atoms with Gasteiger partial charge in [-0.3, -0.25) is 4.79 Å². The summed E-state index contributed by atoms with van der Waals surface area (Å²) in [4.78, 5) is 13.3. The van der Waals surface area contributed by atoms with Gasteiger partial charge in [0.15, 0.2) is 0 Å². The average Bonchev–Trinajstić information content (AvgIpc) is 3.37. The normalized spacial score (nSPS) is 24.5. The van der Waals surface area contributed by atoms with Crippen LogP contribution in [-0.2, 0) is 9.31 Å². The fourth-order valence-corrected chi connectivity index (χ4v) is 4.63. The van der Waals surface area contributed by atoms with Gasteiger partial charge in [0.25, 0.3) is 5.56 Å². The van der Waals surface area contributed by atoms with Crippen molar-refractivity contribution in [3.05, 3.63) is 34.7 Å². The molecule has 3 aliphatic rings. The first-order chi connectivity index (χ1) is 13.1. The summed E-state index contributed by atoms with van der Waals surface area (Å²) < 4.78 is 19.9. The molecule has 6 heteroatoms. The highest BCUT2D eigenvalue weighted by atomic mass is 16.7. The minimum Gasteiger partial charge on any atom is -0.495 e. The van der Waals surface area contributed by atoms with Crippen molar-refractivity contribution in [1.29, 1.82) is 0 Å². The standard InChI is InChI=1S/C22H28BNO4/c1-20(2)21(3,4)28-23(27-20)14-6-7-16-17(10-14)19(25)24(13-18(16)26-5)15-11-22(12-15)8-9-22/h6-7,10,13,15H,8-9,11-12H2,1-5H3. The minimum atomic E-state index is -0.480. The Morgan fingerprint density at radius 1 is 1.07 bits per heavy atom. The van der Waals surface area contributed by atoms with Gasteiger partial charge in [-0.05, 0) is 70.3 Å². The van der Waals surface area contributed by atoms with Crippen molar-refractivity contribution in [2.75, 3.05) is 7.11 Å². The second kappa shape index (κ2) is 5.64. The largest absolute Gasteiger partial charge is 0.495 e. The third-order valence-corrected chi connectivity index (χ3v) is 7.46. The number of fused-ring (bicyclic) bond motifs is 1. The first-order valence-electron chi connectivity index (χ1n) is 10.2. The van der Waals surface area contributed by atoms with Crippen LogP contribution in [0.5, 0.6) is 5.75 Å². The SMILES string of the molecule is COc1cn(C2CC3(CC3)C2)c(=O)c2cc(B3OC(C)(C)C(C)(C)O3)ccc12. The lowest BCUT2D eigenvalue weighted by Crippen LogP contribution is -2.41. The van der Waals surface area contributed by atoms with Crippen molar-refractivity contribution in [2.24, 2.45) is 5.41 Å². The molecule has 3 fully saturated rings. The number of methoxy groups -OCH3 is 1. The average molecular weight is 381 g/mol. The summed E-state index contributed by atoms with van der Waals surface area (Å²) >= 11 is 0. The van der Waals surface area contributed by atoms with E-state index in [4.69, 9.17) is 14.0 Å². The molecular weight excluding hydrogens is 353 g/mol. The second-order valence-electron chi connectivity index (χ2n) is 9.87. The van der Waals surface area contributed by atoms with Gasteiger partial charge < -0.3 is 18.6 Å². The van der Waals surface area contributed by atoms with Crippen LogP contribution in [0.4, 0.5) is 0 Å². The predicted octanol–water partition coefficient (Wildman–Crippen LogP) is 3.42. The molecule has 2 aromatic rings. The van der Waals surface area contributed by atoms with Gasteiger partial charge in [0.1, 0.15) is 5.75 Å². The van der Waals surface area contributed by atoms with E-state index in [1.54, 1.807) is 7.11 Å². The molecule has 1 spiro atoms. The lowest BCUT2D eigenvalue weighted by Gasteiger charge is -2.37. The third kappa shape index (κ3) is 2.57. The Morgan fingerprint density at radius 2 is 1.71 bits per heavy atom. The zero-order chi connectivity index (χ0) is 19.9. The molecule has 0 atom stereocenters. The van der Waals surface area contributed by atoms with E-state index in [2.05, 4.69) is 0 Å². The number of aromatic nitrogens is 1. The Hall–Kier alpha value is -1.79. The Labute approximate surface area is 166 Å². The van der Waals surface area contributed by atoms with Crippen molar-refractivity contribution in [3.8, 4) is 5.75 Å². The Balaban J connectivity index is 1.57. The minimum absolute atomic E-state index is 0.0506. The maximum atomic E-state index is 13.3. The Morgan fingerprint density at radius 3 is 2.29 bits per heavy atom. The Bertz CT molecular complexity index is 997. The van der Waals surface area contributed by atoms with Gasteiger partial charge >= 0.3 is 7.12 Å². The molecule has 5 rings (SSSR count). The molecule has 0 radical (unpaired) electrons. The van der Waals surface area contributed by atoms with Crippen LogP contribution in [0.25, 0.3) is 10.8 Å². The maximum absolute atomic E-state index is 13.3. The smallest absolute Gasteiger partial charge is 0.494 e. The second-order valence-corrected chi connectivity index (χ2v) is 9.87. The monoisotopic (exact) mass is 381 g/mol. The maximum Gasteiger partial charge on any atom is 0.494 e. The van der Waals surface area contributed by atoms with Gasteiger partial charge in [-0.15, -0.1) is 0 Å². The van der Waals surface area contributed by atoms with Crippen LogP contribution in [0.2, 0.25) is 0 Å². The summed E-state index contributed by atoms with van der Waals surface area (Å²) in [5, 5.41) is 1.51. The van der Waals surface area contributed by atoms with Gasteiger partial charge in [-0.1, -0.05) is 12.1 Å². The molecule has 1 saturated heterocycles. The number of hydrogen-bond donors (Lipinski definition) is 0. The summed E-state index contributed by atoms with van der Waals surface area (Å²) in [6.45, 7) is 8.14. The number of pyridine rings is 1. The fraction of sp³-hybridized carbons (Fsp3) is 0.591. The molecule has 148 valence electrons. The highest BCUT2D eigenvalue weighted by molar-refractivity contribution is 6.62. The van der Waals surface area contributed by atoms with Crippen molar-refractivity contribution >= 4 is 23.4 Å². The van der Waals surface area contributed by atoms with E-state index in [-0.39, 0.29) is 11.6 Å². The molecule has 2 heterocycles. The summed E-state index contributed by atoms with van der Waals surface area (Å²) in [5.74, 6) is 0.742. The molecule has 28 heavy (non-hydrogen) atoms. The molecule has 1 aromatic carbocycles. The molecule has 2 aliphatic carbocycles. The molecule has 2 saturated carbocycles. The van der Waals surface area contributed by atoms with Gasteiger partial charge in [0, 0.05) is 11.4 Å². The van der Waals surface area contributed by atoms with Crippen LogP contribution in [0.3, 0.4) is 0 Å². The van der Waals surface area contributed by atoms with Crippen molar-refractivity contribution in [3.63, 3.8) is 0 Å². The summed E-state index contributed by atoms with van der Waals surface area (Å²) in [5.41, 5.74) is 0.638. The van der Waals surface area contributed by atoms with Crippen LogP contribution in [0.15, 0.2) is 29.2 Å². The van der Waals surface area contributed by atoms with Gasteiger partial charge in [-0.2, -0.15) is 0 Å². The molecular formula is C22H28BNO4. The third-order valence-electron chi connectivity index (χ3n) is 7.46. The zero-order valence-corrected chi connectivity index (χ0v) is 17.4. The summed E-state index contributed by atoms with van der Waals surface area (Å²) in [7, 11) is 1.18. The highest BCUT2D eigenvalue weighted by Crippen LogP contribution is 2.64. The number of rotatable bonds is 3. The van der Waals surface area contributed by atoms with Gasteiger partial charge in [0.2, 0.25) is 0 Å². The van der Waals surface area contributed by atoms with E-state index < -0.39 is 18.3 Å². The zero-order valence-electron chi connectivity index (χ0n) is 17.4. The number of benzene rings is 1. The molecule has 0 bridgehead atoms. The number of nitrogens with zero attached hydrogens (tertiary/aromatic N) is 1. The molecule has 5 nitrogen and oxygen atoms in total. The summed E-state index contributed by atoms with van der Waals surface area (Å²) in [6.07, 6.45) is 6.74. The van der Waals surface area contributed by atoms with E-state index in [0.29, 0.717) is 10.8 Å². The first kappa shape index (κ1) is 18.3. The first-order valence-corrected chi connectivity index (χ1v) is 10.2. The highest BCUT2D eigenvalue weighted by Gasteiger charge is 2.54. The molecule has 1 aliphatic heterocycles. The summed E-state index contributed by atoms with van der Waals surface area (Å²) in [6, 6.07) is 6.13. The van der Waals surface area contributed by atoms with Crippen LogP contribution < -0.4 is 15.8 Å². The Kier molecular flexibility index (Phi) is 3.68. The number of hydrogen-bond acceptors (Lipinski definition) is 4. The predicted molar refractivity (Wildman–Crippen MR) is 110 cm³/mol. The van der Waals surface area contributed by atoms with Crippen LogP contribution in [-0.4, -0.2) is 30.0 Å². The molecule has 1 aromatic heterocycles. The van der Waals surface area contributed by atoms with Crippen molar-refractivity contribution in [2.45, 2.75) is 70.6 Å². The molecule has 0 amide bonds. The van der Waals surface area contributed by atoms with Crippen molar-refractivity contribution in [1.82, 2.24) is 4.57 Å². The van der Waals surface area contributed by atoms with E-state index in [1.807, 2.05) is 56.7 Å². The van der Waals surface area contributed by atoms with Gasteiger partial charge in [-0.25, -0.2) is 0 Å². The van der Waals surface area contributed by atoms with E-state index in [0.717, 1.165) is 29.4 Å². The number of ether oxygens (including phenoxy) is 1. The van der Waals surface area contributed by atoms with E-state index in [1.165, 1.54) is 12.8 Å². The topological polar surface area (TPSA) is 49.7 Å². The van der Waals surface area contributed by atoms with Crippen molar-refractivity contribution < 1.29 is 14.0 Å². The fourth-order valence-electron chi connectivity index (χ4n) is 4.63. The van der Waals surface area contributed by atoms with Crippen LogP contribution in [0, 0.1) is 5.41 Å².